The first-order valence-corrected chi connectivity index (χ1v) is 9.95. The molecule has 0 aliphatic heterocycles. The SMILES string of the molecule is CCOC(=O)c1ccc(Nc2cc(C)nc(NCCC3=CCCCC3)n2)cc1. The molecule has 0 spiro atoms. The van der Waals surface area contributed by atoms with Gasteiger partial charge in [0.25, 0.3) is 0 Å². The minimum absolute atomic E-state index is 0.313. The summed E-state index contributed by atoms with van der Waals surface area (Å²) >= 11 is 0. The molecule has 2 N–H and O–H groups in total. The zero-order chi connectivity index (χ0) is 19.8. The fourth-order valence-electron chi connectivity index (χ4n) is 3.23. The Morgan fingerprint density at radius 2 is 2.00 bits per heavy atom. The normalized spacial score (nSPS) is 13.6. The van der Waals surface area contributed by atoms with E-state index in [0.29, 0.717) is 18.1 Å². The molecule has 6 heteroatoms. The van der Waals surface area contributed by atoms with Gasteiger partial charge in [-0.2, -0.15) is 4.98 Å². The van der Waals surface area contributed by atoms with Crippen LogP contribution in [-0.4, -0.2) is 29.1 Å². The molecule has 1 aliphatic rings. The molecule has 0 unspecified atom stereocenters. The Balaban J connectivity index is 1.59. The van der Waals surface area contributed by atoms with Gasteiger partial charge in [0.05, 0.1) is 12.2 Å². The number of hydrogen-bond donors (Lipinski definition) is 2. The lowest BCUT2D eigenvalue weighted by atomic mass is 9.97. The van der Waals surface area contributed by atoms with Crippen molar-refractivity contribution in [3.63, 3.8) is 0 Å². The van der Waals surface area contributed by atoms with Crippen molar-refractivity contribution in [1.29, 1.82) is 0 Å². The zero-order valence-electron chi connectivity index (χ0n) is 16.6. The van der Waals surface area contributed by atoms with Crippen molar-refractivity contribution in [1.82, 2.24) is 9.97 Å². The number of nitrogens with one attached hydrogen (secondary N) is 2. The predicted molar refractivity (Wildman–Crippen MR) is 112 cm³/mol. The van der Waals surface area contributed by atoms with Crippen LogP contribution in [0.3, 0.4) is 0 Å². The molecule has 6 nitrogen and oxygen atoms in total. The minimum atomic E-state index is -0.313. The van der Waals surface area contributed by atoms with E-state index in [4.69, 9.17) is 4.74 Å². The summed E-state index contributed by atoms with van der Waals surface area (Å²) in [6, 6.07) is 9.06. The molecule has 1 aromatic carbocycles. The summed E-state index contributed by atoms with van der Waals surface area (Å²) in [5, 5.41) is 6.60. The third kappa shape index (κ3) is 5.81. The highest BCUT2D eigenvalue weighted by atomic mass is 16.5. The quantitative estimate of drug-likeness (QED) is 0.495. The summed E-state index contributed by atoms with van der Waals surface area (Å²) in [7, 11) is 0. The Bertz CT molecular complexity index is 831. The topological polar surface area (TPSA) is 76.1 Å². The fraction of sp³-hybridized carbons (Fsp3) is 0.409. The van der Waals surface area contributed by atoms with Crippen LogP contribution in [0, 0.1) is 6.92 Å². The summed E-state index contributed by atoms with van der Waals surface area (Å²) in [5.41, 5.74) is 3.81. The molecule has 0 fully saturated rings. The van der Waals surface area contributed by atoms with Crippen LogP contribution in [0.15, 0.2) is 42.0 Å². The van der Waals surface area contributed by atoms with Gasteiger partial charge in [0.15, 0.2) is 0 Å². The number of allylic oxidation sites excluding steroid dienone is 1. The smallest absolute Gasteiger partial charge is 0.338 e. The average molecular weight is 380 g/mol. The molecule has 1 heterocycles. The Morgan fingerprint density at radius 1 is 1.18 bits per heavy atom. The predicted octanol–water partition coefficient (Wildman–Crippen LogP) is 5.01. The van der Waals surface area contributed by atoms with Crippen LogP contribution in [-0.2, 0) is 4.74 Å². The van der Waals surface area contributed by atoms with E-state index >= 15 is 0 Å². The molecule has 0 radical (unpaired) electrons. The van der Waals surface area contributed by atoms with E-state index in [1.807, 2.05) is 25.1 Å². The zero-order valence-corrected chi connectivity index (χ0v) is 16.6. The van der Waals surface area contributed by atoms with Gasteiger partial charge in [-0.3, -0.25) is 0 Å². The largest absolute Gasteiger partial charge is 0.462 e. The van der Waals surface area contributed by atoms with Crippen LogP contribution >= 0.6 is 0 Å². The summed E-state index contributed by atoms with van der Waals surface area (Å²) in [5.74, 6) is 1.03. The molecule has 28 heavy (non-hydrogen) atoms. The van der Waals surface area contributed by atoms with Gasteiger partial charge in [-0.25, -0.2) is 9.78 Å². The highest BCUT2D eigenvalue weighted by Crippen LogP contribution is 2.21. The molecule has 0 saturated heterocycles. The van der Waals surface area contributed by atoms with Gasteiger partial charge >= 0.3 is 5.97 Å². The molecule has 1 aliphatic carbocycles. The molecule has 148 valence electrons. The van der Waals surface area contributed by atoms with Crippen LogP contribution in [0.5, 0.6) is 0 Å². The van der Waals surface area contributed by atoms with Crippen LogP contribution in [0.1, 0.15) is 55.1 Å². The Morgan fingerprint density at radius 3 is 2.71 bits per heavy atom. The number of nitrogens with zero attached hydrogens (tertiary/aromatic N) is 2. The van der Waals surface area contributed by atoms with Gasteiger partial charge in [0, 0.05) is 24.0 Å². The maximum atomic E-state index is 11.7. The lowest BCUT2D eigenvalue weighted by Crippen LogP contribution is -2.09. The minimum Gasteiger partial charge on any atom is -0.462 e. The van der Waals surface area contributed by atoms with Crippen molar-refractivity contribution in [2.24, 2.45) is 0 Å². The maximum Gasteiger partial charge on any atom is 0.338 e. The van der Waals surface area contributed by atoms with Crippen LogP contribution in [0.25, 0.3) is 0 Å². The molecular weight excluding hydrogens is 352 g/mol. The standard InChI is InChI=1S/C22H28N4O2/c1-3-28-21(27)18-9-11-19(12-10-18)25-20-15-16(2)24-22(26-20)23-14-13-17-7-5-4-6-8-17/h7,9-12,15H,3-6,8,13-14H2,1-2H3,(H2,23,24,25,26). The lowest BCUT2D eigenvalue weighted by Gasteiger charge is -2.13. The first-order valence-electron chi connectivity index (χ1n) is 9.95. The second-order valence-electron chi connectivity index (χ2n) is 6.93. The van der Waals surface area contributed by atoms with Crippen molar-refractivity contribution in [3.05, 3.63) is 53.2 Å². The molecule has 0 atom stereocenters. The van der Waals surface area contributed by atoms with E-state index in [2.05, 4.69) is 26.7 Å². The van der Waals surface area contributed by atoms with Gasteiger partial charge in [-0.1, -0.05) is 11.6 Å². The van der Waals surface area contributed by atoms with Gasteiger partial charge in [-0.05, 0) is 70.2 Å². The molecule has 0 saturated carbocycles. The molecule has 1 aromatic heterocycles. The maximum absolute atomic E-state index is 11.7. The number of hydrogen-bond acceptors (Lipinski definition) is 6. The summed E-state index contributed by atoms with van der Waals surface area (Å²) in [6.45, 7) is 4.95. The Hall–Kier alpha value is -2.89. The van der Waals surface area contributed by atoms with E-state index in [9.17, 15) is 4.79 Å². The number of carbonyl (C=O) groups excluding carboxylic acids is 1. The van der Waals surface area contributed by atoms with E-state index in [1.165, 1.54) is 31.3 Å². The average Bonchev–Trinajstić information content (AvgIpc) is 2.69. The van der Waals surface area contributed by atoms with E-state index in [1.54, 1.807) is 19.1 Å². The number of esters is 1. The van der Waals surface area contributed by atoms with Crippen LogP contribution in [0.2, 0.25) is 0 Å². The Kier molecular flexibility index (Phi) is 7.00. The van der Waals surface area contributed by atoms with Gasteiger partial charge < -0.3 is 15.4 Å². The van der Waals surface area contributed by atoms with Crippen LogP contribution < -0.4 is 10.6 Å². The lowest BCUT2D eigenvalue weighted by molar-refractivity contribution is 0.0526. The van der Waals surface area contributed by atoms with Gasteiger partial charge in [-0.15, -0.1) is 0 Å². The van der Waals surface area contributed by atoms with Crippen LogP contribution in [0.4, 0.5) is 17.5 Å². The monoisotopic (exact) mass is 380 g/mol. The first kappa shape index (κ1) is 19.9. The van der Waals surface area contributed by atoms with Crippen molar-refractivity contribution in [2.75, 3.05) is 23.8 Å². The van der Waals surface area contributed by atoms with Crippen molar-refractivity contribution >= 4 is 23.4 Å². The number of rotatable bonds is 8. The summed E-state index contributed by atoms with van der Waals surface area (Å²) in [4.78, 5) is 20.8. The van der Waals surface area contributed by atoms with E-state index in [-0.39, 0.29) is 5.97 Å². The van der Waals surface area contributed by atoms with E-state index in [0.717, 1.165) is 30.2 Å². The second kappa shape index (κ2) is 9.88. The number of carbonyl (C=O) groups is 1. The highest BCUT2D eigenvalue weighted by Gasteiger charge is 2.08. The van der Waals surface area contributed by atoms with Crippen molar-refractivity contribution in [3.8, 4) is 0 Å². The molecule has 0 bridgehead atoms. The number of anilines is 3. The van der Waals surface area contributed by atoms with Gasteiger partial charge in [0.2, 0.25) is 5.95 Å². The second-order valence-corrected chi connectivity index (χ2v) is 6.93. The Labute approximate surface area is 166 Å². The molecule has 0 amide bonds. The molecule has 2 aromatic rings. The van der Waals surface area contributed by atoms with Crippen molar-refractivity contribution in [2.45, 2.75) is 46.0 Å². The first-order chi connectivity index (χ1) is 13.6. The highest BCUT2D eigenvalue weighted by molar-refractivity contribution is 5.89. The number of ether oxygens (including phenoxy) is 1. The molecular formula is C22H28N4O2. The van der Waals surface area contributed by atoms with Crippen molar-refractivity contribution < 1.29 is 9.53 Å². The summed E-state index contributed by atoms with van der Waals surface area (Å²) in [6.07, 6.45) is 8.44. The number of aryl methyl sites for hydroxylation is 1. The fourth-order valence-corrected chi connectivity index (χ4v) is 3.23. The summed E-state index contributed by atoms with van der Waals surface area (Å²) < 4.78 is 5.01. The molecule has 3 rings (SSSR count). The third-order valence-corrected chi connectivity index (χ3v) is 4.64. The number of aromatic nitrogens is 2. The van der Waals surface area contributed by atoms with E-state index < -0.39 is 0 Å². The van der Waals surface area contributed by atoms with Gasteiger partial charge in [0.1, 0.15) is 5.82 Å². The number of benzene rings is 1. The third-order valence-electron chi connectivity index (χ3n) is 4.64.